The number of nitrogens with zero attached hydrogens (tertiary/aromatic N) is 1. The Hall–Kier alpha value is -1.36. The molecule has 0 radical (unpaired) electrons. The number of nitrogens with two attached hydrogens (primary N) is 1. The van der Waals surface area contributed by atoms with Gasteiger partial charge in [0.05, 0.1) is 12.2 Å². The summed E-state index contributed by atoms with van der Waals surface area (Å²) in [5, 5.41) is 6.09. The predicted octanol–water partition coefficient (Wildman–Crippen LogP) is 0.986. The monoisotopic (exact) mass is 197 g/mol. The second-order valence-electron chi connectivity index (χ2n) is 3.31. The molecule has 0 aromatic carbocycles. The molecule has 14 heavy (non-hydrogen) atoms. The van der Waals surface area contributed by atoms with E-state index in [9.17, 15) is 4.79 Å². The van der Waals surface area contributed by atoms with Crippen LogP contribution in [0.1, 0.15) is 20.3 Å². The van der Waals surface area contributed by atoms with Crippen LogP contribution in [0.3, 0.4) is 0 Å². The van der Waals surface area contributed by atoms with Crippen LogP contribution in [0.4, 0.5) is 5.69 Å². The molecule has 0 unspecified atom stereocenters. The zero-order valence-electron chi connectivity index (χ0n) is 8.36. The maximum atomic E-state index is 11.5. The van der Waals surface area contributed by atoms with Gasteiger partial charge in [-0.05, 0) is 5.92 Å². The summed E-state index contributed by atoms with van der Waals surface area (Å²) in [7, 11) is 0. The number of aromatic nitrogens is 1. The lowest BCUT2D eigenvalue weighted by Gasteiger charge is -2.16. The molecule has 1 amide bonds. The maximum absolute atomic E-state index is 11.5. The van der Waals surface area contributed by atoms with Crippen molar-refractivity contribution in [2.75, 3.05) is 5.32 Å². The molecule has 0 fully saturated rings. The first kappa shape index (κ1) is 10.7. The highest BCUT2D eigenvalue weighted by atomic mass is 16.5. The summed E-state index contributed by atoms with van der Waals surface area (Å²) in [6, 6.07) is -0.491. The molecule has 1 aromatic heterocycles. The number of anilines is 1. The van der Waals surface area contributed by atoms with E-state index < -0.39 is 6.04 Å². The van der Waals surface area contributed by atoms with Gasteiger partial charge < -0.3 is 15.6 Å². The first-order valence-corrected chi connectivity index (χ1v) is 4.61. The van der Waals surface area contributed by atoms with E-state index in [1.807, 2.05) is 13.8 Å². The molecule has 0 aliphatic carbocycles. The lowest BCUT2D eigenvalue weighted by atomic mass is 9.99. The van der Waals surface area contributed by atoms with E-state index in [0.29, 0.717) is 5.69 Å². The average molecular weight is 197 g/mol. The number of nitrogens with one attached hydrogen (secondary N) is 1. The second-order valence-corrected chi connectivity index (χ2v) is 3.31. The fraction of sp³-hybridized carbons (Fsp3) is 0.556. The van der Waals surface area contributed by atoms with Crippen LogP contribution in [0.15, 0.2) is 17.0 Å². The fourth-order valence-corrected chi connectivity index (χ4v) is 1.00. The Morgan fingerprint density at radius 2 is 2.50 bits per heavy atom. The minimum absolute atomic E-state index is 0.162. The number of carbonyl (C=O) groups is 1. The van der Waals surface area contributed by atoms with Gasteiger partial charge in [-0.1, -0.05) is 25.4 Å². The van der Waals surface area contributed by atoms with Crippen LogP contribution in [0.2, 0.25) is 0 Å². The lowest BCUT2D eigenvalue weighted by Crippen LogP contribution is -2.40. The minimum atomic E-state index is -0.491. The largest absolute Gasteiger partial charge is 0.363 e. The molecule has 1 heterocycles. The van der Waals surface area contributed by atoms with Gasteiger partial charge >= 0.3 is 0 Å². The van der Waals surface area contributed by atoms with Crippen LogP contribution in [0.5, 0.6) is 0 Å². The van der Waals surface area contributed by atoms with Crippen molar-refractivity contribution >= 4 is 11.6 Å². The summed E-state index contributed by atoms with van der Waals surface area (Å²) in [6.45, 7) is 3.94. The lowest BCUT2D eigenvalue weighted by molar-refractivity contribution is -0.118. The van der Waals surface area contributed by atoms with Gasteiger partial charge in [0, 0.05) is 0 Å². The Labute approximate surface area is 82.6 Å². The molecule has 5 heteroatoms. The van der Waals surface area contributed by atoms with Gasteiger partial charge in [0.15, 0.2) is 0 Å². The Bertz CT molecular complexity index is 284. The second kappa shape index (κ2) is 4.76. The summed E-state index contributed by atoms with van der Waals surface area (Å²) < 4.78 is 4.58. The van der Waals surface area contributed by atoms with Crippen molar-refractivity contribution in [3.63, 3.8) is 0 Å². The molecule has 0 spiro atoms. The molecule has 0 aliphatic heterocycles. The maximum Gasteiger partial charge on any atom is 0.241 e. The van der Waals surface area contributed by atoms with Crippen molar-refractivity contribution in [3.05, 3.63) is 12.5 Å². The molecule has 3 N–H and O–H groups in total. The van der Waals surface area contributed by atoms with Crippen molar-refractivity contribution in [2.24, 2.45) is 11.7 Å². The summed E-state index contributed by atoms with van der Waals surface area (Å²) in [4.78, 5) is 11.5. The van der Waals surface area contributed by atoms with Gasteiger partial charge in [0.25, 0.3) is 0 Å². The van der Waals surface area contributed by atoms with E-state index in [1.54, 1.807) is 0 Å². The summed E-state index contributed by atoms with van der Waals surface area (Å²) in [5.74, 6) is -0.0441. The van der Waals surface area contributed by atoms with Crippen molar-refractivity contribution < 1.29 is 9.32 Å². The topological polar surface area (TPSA) is 81.2 Å². The van der Waals surface area contributed by atoms with Gasteiger partial charge in [-0.3, -0.25) is 4.79 Å². The van der Waals surface area contributed by atoms with Crippen LogP contribution in [-0.2, 0) is 4.79 Å². The third-order valence-corrected chi connectivity index (χ3v) is 2.26. The molecule has 5 nitrogen and oxygen atoms in total. The Morgan fingerprint density at radius 3 is 3.00 bits per heavy atom. The van der Waals surface area contributed by atoms with Crippen molar-refractivity contribution in [2.45, 2.75) is 26.3 Å². The van der Waals surface area contributed by atoms with Gasteiger partial charge in [-0.2, -0.15) is 0 Å². The molecule has 2 atom stereocenters. The molecule has 0 saturated carbocycles. The summed E-state index contributed by atoms with van der Waals surface area (Å²) >= 11 is 0. The van der Waals surface area contributed by atoms with Crippen LogP contribution in [-0.4, -0.2) is 17.1 Å². The summed E-state index contributed by atoms with van der Waals surface area (Å²) in [5.41, 5.74) is 6.26. The first-order valence-electron chi connectivity index (χ1n) is 4.61. The quantitative estimate of drug-likeness (QED) is 0.754. The van der Waals surface area contributed by atoms with E-state index in [-0.39, 0.29) is 11.8 Å². The van der Waals surface area contributed by atoms with Crippen LogP contribution < -0.4 is 11.1 Å². The van der Waals surface area contributed by atoms with Crippen molar-refractivity contribution in [1.82, 2.24) is 5.16 Å². The van der Waals surface area contributed by atoms with Gasteiger partial charge in [-0.15, -0.1) is 0 Å². The van der Waals surface area contributed by atoms with Gasteiger partial charge in [0.1, 0.15) is 12.0 Å². The highest BCUT2D eigenvalue weighted by Gasteiger charge is 2.19. The van der Waals surface area contributed by atoms with Gasteiger partial charge in [-0.25, -0.2) is 0 Å². The molecular weight excluding hydrogens is 182 g/mol. The number of rotatable bonds is 4. The number of carbonyl (C=O) groups excluding carboxylic acids is 1. The first-order chi connectivity index (χ1) is 6.65. The van der Waals surface area contributed by atoms with E-state index in [2.05, 4.69) is 15.0 Å². The Balaban J connectivity index is 2.50. The third-order valence-electron chi connectivity index (χ3n) is 2.26. The number of amides is 1. The molecule has 78 valence electrons. The summed E-state index contributed by atoms with van der Waals surface area (Å²) in [6.07, 6.45) is 3.67. The van der Waals surface area contributed by atoms with Crippen molar-refractivity contribution in [3.8, 4) is 0 Å². The van der Waals surface area contributed by atoms with E-state index in [1.165, 1.54) is 12.5 Å². The van der Waals surface area contributed by atoms with E-state index >= 15 is 0 Å². The standard InChI is InChI=1S/C9H15N3O2/c1-3-6(2)8(10)9(13)12-7-4-11-14-5-7/h4-6,8H,3,10H2,1-2H3,(H,12,13)/t6-,8-/m0/s1. The third kappa shape index (κ3) is 2.56. The number of hydrogen-bond acceptors (Lipinski definition) is 4. The highest BCUT2D eigenvalue weighted by molar-refractivity contribution is 5.94. The zero-order chi connectivity index (χ0) is 10.6. The molecule has 0 aliphatic rings. The Kier molecular flexibility index (Phi) is 3.64. The number of hydrogen-bond donors (Lipinski definition) is 2. The van der Waals surface area contributed by atoms with Crippen LogP contribution >= 0.6 is 0 Å². The predicted molar refractivity (Wildman–Crippen MR) is 52.6 cm³/mol. The molecule has 0 bridgehead atoms. The van der Waals surface area contributed by atoms with Crippen LogP contribution in [0, 0.1) is 5.92 Å². The van der Waals surface area contributed by atoms with Crippen molar-refractivity contribution in [1.29, 1.82) is 0 Å². The molecule has 1 rings (SSSR count). The smallest absolute Gasteiger partial charge is 0.241 e. The molecule has 1 aromatic rings. The minimum Gasteiger partial charge on any atom is -0.363 e. The van der Waals surface area contributed by atoms with E-state index in [4.69, 9.17) is 5.73 Å². The highest BCUT2D eigenvalue weighted by Crippen LogP contribution is 2.09. The zero-order valence-corrected chi connectivity index (χ0v) is 8.36. The SMILES string of the molecule is CC[C@H](C)[C@H](N)C(=O)Nc1cnoc1. The van der Waals surface area contributed by atoms with E-state index in [0.717, 1.165) is 6.42 Å². The average Bonchev–Trinajstić information content (AvgIpc) is 2.68. The van der Waals surface area contributed by atoms with Crippen LogP contribution in [0.25, 0.3) is 0 Å². The normalized spacial score (nSPS) is 14.8. The Morgan fingerprint density at radius 1 is 1.79 bits per heavy atom. The fourth-order valence-electron chi connectivity index (χ4n) is 1.00. The van der Waals surface area contributed by atoms with Gasteiger partial charge in [0.2, 0.25) is 5.91 Å². The molecular formula is C9H15N3O2. The molecule has 0 saturated heterocycles.